The molecule has 5 nitrogen and oxygen atoms in total. The van der Waals surface area contributed by atoms with E-state index >= 15 is 0 Å². The monoisotopic (exact) mass is 318 g/mol. The van der Waals surface area contributed by atoms with Crippen LogP contribution in [0.1, 0.15) is 15.9 Å². The number of hydrogen-bond acceptors (Lipinski definition) is 3. The van der Waals surface area contributed by atoms with Crippen molar-refractivity contribution >= 4 is 23.0 Å². The zero-order chi connectivity index (χ0) is 16.5. The van der Waals surface area contributed by atoms with Gasteiger partial charge in [-0.1, -0.05) is 18.2 Å². The quantitative estimate of drug-likeness (QED) is 0.805. The van der Waals surface area contributed by atoms with Crippen LogP contribution >= 0.6 is 0 Å². The van der Waals surface area contributed by atoms with Gasteiger partial charge in [0.1, 0.15) is 0 Å². The summed E-state index contributed by atoms with van der Waals surface area (Å²) in [7, 11) is 1.79. The summed E-state index contributed by atoms with van der Waals surface area (Å²) in [5.74, 6) is -0.151. The zero-order valence-corrected chi connectivity index (χ0v) is 13.4. The van der Waals surface area contributed by atoms with E-state index in [0.29, 0.717) is 5.56 Å². The molecule has 0 atom stereocenters. The molecule has 1 aliphatic heterocycles. The van der Waals surface area contributed by atoms with E-state index in [1.165, 1.54) is 11.3 Å². The third kappa shape index (κ3) is 2.65. The maximum atomic E-state index is 12.2. The van der Waals surface area contributed by atoms with Crippen molar-refractivity contribution in [1.82, 2.24) is 9.78 Å². The summed E-state index contributed by atoms with van der Waals surface area (Å²) in [6.07, 6.45) is 4.32. The number of aromatic nitrogens is 2. The van der Waals surface area contributed by atoms with Crippen LogP contribution < -0.4 is 10.2 Å². The molecule has 5 heteroatoms. The van der Waals surface area contributed by atoms with Crippen LogP contribution in [0.25, 0.3) is 0 Å². The van der Waals surface area contributed by atoms with Crippen LogP contribution in [-0.2, 0) is 13.5 Å². The third-order valence-electron chi connectivity index (χ3n) is 4.29. The molecule has 2 aromatic carbocycles. The van der Waals surface area contributed by atoms with Crippen LogP contribution in [0.15, 0.2) is 60.9 Å². The Morgan fingerprint density at radius 3 is 2.67 bits per heavy atom. The normalized spacial score (nSPS) is 13.0. The lowest BCUT2D eigenvalue weighted by atomic mass is 10.2. The van der Waals surface area contributed by atoms with Crippen LogP contribution in [-0.4, -0.2) is 22.2 Å². The number of amides is 1. The second-order valence-corrected chi connectivity index (χ2v) is 5.93. The minimum atomic E-state index is -0.151. The van der Waals surface area contributed by atoms with E-state index in [2.05, 4.69) is 39.6 Å². The molecule has 1 aromatic heterocycles. The average molecular weight is 318 g/mol. The molecule has 0 unspecified atom stereocenters. The van der Waals surface area contributed by atoms with E-state index in [9.17, 15) is 4.79 Å². The van der Waals surface area contributed by atoms with Gasteiger partial charge in [0.25, 0.3) is 5.91 Å². The first-order valence-electron chi connectivity index (χ1n) is 7.96. The molecule has 1 amide bonds. The van der Waals surface area contributed by atoms with Gasteiger partial charge in [-0.05, 0) is 42.3 Å². The zero-order valence-electron chi connectivity index (χ0n) is 13.4. The second kappa shape index (κ2) is 5.85. The van der Waals surface area contributed by atoms with Crippen LogP contribution in [0.5, 0.6) is 0 Å². The molecule has 120 valence electrons. The predicted molar refractivity (Wildman–Crippen MR) is 94.8 cm³/mol. The number of nitrogens with one attached hydrogen (secondary N) is 1. The molecule has 0 spiro atoms. The van der Waals surface area contributed by atoms with E-state index < -0.39 is 0 Å². The van der Waals surface area contributed by atoms with Gasteiger partial charge < -0.3 is 10.2 Å². The van der Waals surface area contributed by atoms with Crippen molar-refractivity contribution in [2.75, 3.05) is 16.8 Å². The fourth-order valence-electron chi connectivity index (χ4n) is 3.07. The lowest BCUT2D eigenvalue weighted by Crippen LogP contribution is -2.14. The van der Waals surface area contributed by atoms with E-state index in [4.69, 9.17) is 0 Å². The number of carbonyl (C=O) groups excluding carboxylic acids is 1. The van der Waals surface area contributed by atoms with Gasteiger partial charge in [0.2, 0.25) is 0 Å². The van der Waals surface area contributed by atoms with Crippen molar-refractivity contribution in [2.45, 2.75) is 6.42 Å². The molecule has 3 aromatic rings. The van der Waals surface area contributed by atoms with Gasteiger partial charge in [-0.2, -0.15) is 5.10 Å². The standard InChI is InChI=1S/C19H18N4O/c1-22-13-15(12-20-22)19(24)21-16-6-8-17(9-7-16)23-11-10-14-4-2-3-5-18(14)23/h2-9,12-13H,10-11H2,1H3,(H,21,24). The third-order valence-corrected chi connectivity index (χ3v) is 4.29. The first-order chi connectivity index (χ1) is 11.7. The molecule has 0 saturated heterocycles. The van der Waals surface area contributed by atoms with Crippen molar-refractivity contribution in [3.63, 3.8) is 0 Å². The minimum absolute atomic E-state index is 0.151. The first-order valence-corrected chi connectivity index (χ1v) is 7.96. The fourth-order valence-corrected chi connectivity index (χ4v) is 3.07. The Balaban J connectivity index is 1.50. The van der Waals surface area contributed by atoms with E-state index in [1.807, 2.05) is 24.3 Å². The van der Waals surface area contributed by atoms with Crippen molar-refractivity contribution < 1.29 is 4.79 Å². The minimum Gasteiger partial charge on any atom is -0.341 e. The summed E-state index contributed by atoms with van der Waals surface area (Å²) in [4.78, 5) is 14.5. The molecular formula is C19H18N4O. The Morgan fingerprint density at radius 2 is 1.92 bits per heavy atom. The number of hydrogen-bond donors (Lipinski definition) is 1. The van der Waals surface area contributed by atoms with Gasteiger partial charge in [0.15, 0.2) is 0 Å². The number of nitrogens with zero attached hydrogens (tertiary/aromatic N) is 3. The summed E-state index contributed by atoms with van der Waals surface area (Å²) >= 11 is 0. The van der Waals surface area contributed by atoms with Gasteiger partial charge in [-0.15, -0.1) is 0 Å². The Morgan fingerprint density at radius 1 is 1.12 bits per heavy atom. The van der Waals surface area contributed by atoms with Gasteiger partial charge in [-0.25, -0.2) is 0 Å². The topological polar surface area (TPSA) is 50.2 Å². The molecule has 0 saturated carbocycles. The number of benzene rings is 2. The van der Waals surface area contributed by atoms with Crippen molar-refractivity contribution in [3.8, 4) is 0 Å². The van der Waals surface area contributed by atoms with Gasteiger partial charge >= 0.3 is 0 Å². The van der Waals surface area contributed by atoms with E-state index in [-0.39, 0.29) is 5.91 Å². The molecule has 1 aliphatic rings. The Bertz CT molecular complexity index is 882. The molecule has 0 bridgehead atoms. The Hall–Kier alpha value is -3.08. The van der Waals surface area contributed by atoms with Gasteiger partial charge in [0, 0.05) is 36.9 Å². The molecule has 0 radical (unpaired) electrons. The molecule has 0 aliphatic carbocycles. The van der Waals surface area contributed by atoms with E-state index in [1.54, 1.807) is 24.1 Å². The van der Waals surface area contributed by atoms with Gasteiger partial charge in [-0.3, -0.25) is 9.48 Å². The average Bonchev–Trinajstić information content (AvgIpc) is 3.22. The van der Waals surface area contributed by atoms with E-state index in [0.717, 1.165) is 24.3 Å². The number of aryl methyl sites for hydroxylation is 1. The molecular weight excluding hydrogens is 300 g/mol. The number of fused-ring (bicyclic) bond motifs is 1. The summed E-state index contributed by atoms with van der Waals surface area (Å²) in [6.45, 7) is 0.987. The summed E-state index contributed by atoms with van der Waals surface area (Å²) in [6, 6.07) is 16.4. The highest BCUT2D eigenvalue weighted by atomic mass is 16.1. The Labute approximate surface area is 140 Å². The first kappa shape index (κ1) is 14.5. The number of rotatable bonds is 3. The van der Waals surface area contributed by atoms with Crippen LogP contribution in [0.3, 0.4) is 0 Å². The summed E-state index contributed by atoms with van der Waals surface area (Å²) < 4.78 is 1.61. The molecule has 0 fully saturated rings. The summed E-state index contributed by atoms with van der Waals surface area (Å²) in [5.41, 5.74) is 5.12. The maximum absolute atomic E-state index is 12.2. The number of carbonyl (C=O) groups is 1. The van der Waals surface area contributed by atoms with Crippen LogP contribution in [0.4, 0.5) is 17.1 Å². The van der Waals surface area contributed by atoms with Crippen molar-refractivity contribution in [1.29, 1.82) is 0 Å². The molecule has 2 heterocycles. The smallest absolute Gasteiger partial charge is 0.258 e. The lowest BCUT2D eigenvalue weighted by molar-refractivity contribution is 0.102. The van der Waals surface area contributed by atoms with Crippen molar-refractivity contribution in [2.24, 2.45) is 7.05 Å². The molecule has 24 heavy (non-hydrogen) atoms. The van der Waals surface area contributed by atoms with Crippen LogP contribution in [0.2, 0.25) is 0 Å². The molecule has 4 rings (SSSR count). The second-order valence-electron chi connectivity index (χ2n) is 5.93. The summed E-state index contributed by atoms with van der Waals surface area (Å²) in [5, 5.41) is 6.91. The number of para-hydroxylation sites is 1. The lowest BCUT2D eigenvalue weighted by Gasteiger charge is -2.19. The number of anilines is 3. The highest BCUT2D eigenvalue weighted by Gasteiger charge is 2.19. The SMILES string of the molecule is Cn1cc(C(=O)Nc2ccc(N3CCc4ccccc43)cc2)cn1. The van der Waals surface area contributed by atoms with Gasteiger partial charge in [0.05, 0.1) is 11.8 Å². The van der Waals surface area contributed by atoms with Crippen molar-refractivity contribution in [3.05, 3.63) is 72.1 Å². The fraction of sp³-hybridized carbons (Fsp3) is 0.158. The molecule has 1 N–H and O–H groups in total. The maximum Gasteiger partial charge on any atom is 0.258 e. The highest BCUT2D eigenvalue weighted by Crippen LogP contribution is 2.34. The largest absolute Gasteiger partial charge is 0.341 e. The van der Waals surface area contributed by atoms with Crippen LogP contribution in [0, 0.1) is 0 Å². The predicted octanol–water partition coefficient (Wildman–Crippen LogP) is 3.37. The highest BCUT2D eigenvalue weighted by molar-refractivity contribution is 6.04. The Kier molecular flexibility index (Phi) is 3.54.